The molecule has 5 heteroatoms. The summed E-state index contributed by atoms with van der Waals surface area (Å²) in [6.07, 6.45) is 3.16. The van der Waals surface area contributed by atoms with Crippen LogP contribution in [0.25, 0.3) is 6.08 Å². The fourth-order valence-corrected chi connectivity index (χ4v) is 1.76. The van der Waals surface area contributed by atoms with Crippen LogP contribution in [0.2, 0.25) is 0 Å². The second-order valence-electron chi connectivity index (χ2n) is 3.45. The third-order valence-corrected chi connectivity index (χ3v) is 2.83. The topological polar surface area (TPSA) is 38.3 Å². The van der Waals surface area contributed by atoms with Crippen molar-refractivity contribution >= 4 is 43.8 Å². The first-order chi connectivity index (χ1) is 8.52. The molecule has 0 bridgehead atoms. The van der Waals surface area contributed by atoms with Gasteiger partial charge in [-0.25, -0.2) is 0 Å². The number of benzene rings is 1. The lowest BCUT2D eigenvalue weighted by Crippen LogP contribution is -2.21. The molecule has 1 aromatic rings. The van der Waals surface area contributed by atoms with Crippen molar-refractivity contribution in [3.63, 3.8) is 0 Å². The molecule has 0 radical (unpaired) electrons. The second kappa shape index (κ2) is 7.38. The van der Waals surface area contributed by atoms with E-state index < -0.39 is 0 Å². The highest BCUT2D eigenvalue weighted by molar-refractivity contribution is 9.11. The minimum absolute atomic E-state index is 0.183. The van der Waals surface area contributed by atoms with E-state index in [0.29, 0.717) is 12.3 Å². The average Bonchev–Trinajstić information content (AvgIpc) is 2.34. The zero-order chi connectivity index (χ0) is 13.5. The van der Waals surface area contributed by atoms with Crippen molar-refractivity contribution in [1.29, 1.82) is 0 Å². The first kappa shape index (κ1) is 15.0. The molecule has 0 heterocycles. The lowest BCUT2D eigenvalue weighted by molar-refractivity contribution is -0.116. The molecule has 1 amide bonds. The van der Waals surface area contributed by atoms with Gasteiger partial charge in [-0.3, -0.25) is 4.79 Å². The van der Waals surface area contributed by atoms with E-state index in [2.05, 4.69) is 43.8 Å². The summed E-state index contributed by atoms with van der Waals surface area (Å²) >= 11 is 6.55. The molecule has 1 aromatic carbocycles. The molecule has 0 spiro atoms. The Balaban J connectivity index is 2.74. The van der Waals surface area contributed by atoms with Gasteiger partial charge in [-0.05, 0) is 24.3 Å². The standard InChI is InChI=1S/C13H13Br2NO2/c1-9(14)8-16-13(17)6-3-10-7-11(15)4-5-12(10)18-2/h3-7H,1,8H2,2H3,(H,16,17)/b6-3+. The Labute approximate surface area is 123 Å². The van der Waals surface area contributed by atoms with Crippen LogP contribution < -0.4 is 10.1 Å². The summed E-state index contributed by atoms with van der Waals surface area (Å²) in [4.78, 5) is 11.5. The van der Waals surface area contributed by atoms with Crippen molar-refractivity contribution in [2.45, 2.75) is 0 Å². The number of rotatable bonds is 5. The lowest BCUT2D eigenvalue weighted by atomic mass is 10.2. The van der Waals surface area contributed by atoms with Crippen molar-refractivity contribution in [1.82, 2.24) is 5.32 Å². The number of methoxy groups -OCH3 is 1. The van der Waals surface area contributed by atoms with Gasteiger partial charge in [-0.2, -0.15) is 0 Å². The van der Waals surface area contributed by atoms with Crippen LogP contribution in [0.5, 0.6) is 5.75 Å². The number of hydrogen-bond acceptors (Lipinski definition) is 2. The van der Waals surface area contributed by atoms with E-state index in [1.54, 1.807) is 13.2 Å². The van der Waals surface area contributed by atoms with Crippen LogP contribution in [-0.4, -0.2) is 19.6 Å². The number of carbonyl (C=O) groups is 1. The Morgan fingerprint density at radius 1 is 1.56 bits per heavy atom. The Hall–Kier alpha value is -1.07. The Morgan fingerprint density at radius 3 is 2.89 bits per heavy atom. The fraction of sp³-hybridized carbons (Fsp3) is 0.154. The average molecular weight is 375 g/mol. The highest BCUT2D eigenvalue weighted by Gasteiger charge is 2.01. The van der Waals surface area contributed by atoms with Gasteiger partial charge in [-0.1, -0.05) is 38.4 Å². The molecule has 0 aromatic heterocycles. The highest BCUT2D eigenvalue weighted by atomic mass is 79.9. The zero-order valence-electron chi connectivity index (χ0n) is 9.87. The Morgan fingerprint density at radius 2 is 2.28 bits per heavy atom. The first-order valence-corrected chi connectivity index (χ1v) is 6.74. The molecule has 96 valence electrons. The number of carbonyl (C=O) groups excluding carboxylic acids is 1. The van der Waals surface area contributed by atoms with Gasteiger partial charge in [-0.15, -0.1) is 0 Å². The van der Waals surface area contributed by atoms with Crippen LogP contribution in [0, 0.1) is 0 Å². The second-order valence-corrected chi connectivity index (χ2v) is 5.49. The summed E-state index contributed by atoms with van der Waals surface area (Å²) in [6, 6.07) is 5.60. The minimum atomic E-state index is -0.183. The Kier molecular flexibility index (Phi) is 6.15. The normalized spacial score (nSPS) is 10.4. The number of amides is 1. The summed E-state index contributed by atoms with van der Waals surface area (Å²) in [6.45, 7) is 4.04. The number of ether oxygens (including phenoxy) is 1. The van der Waals surface area contributed by atoms with Crippen LogP contribution in [0.1, 0.15) is 5.56 Å². The van der Waals surface area contributed by atoms with E-state index >= 15 is 0 Å². The third kappa shape index (κ3) is 5.06. The molecule has 0 aliphatic carbocycles. The van der Waals surface area contributed by atoms with Crippen LogP contribution in [0.3, 0.4) is 0 Å². The predicted octanol–water partition coefficient (Wildman–Crippen LogP) is 3.50. The van der Waals surface area contributed by atoms with Crippen molar-refractivity contribution in [3.8, 4) is 5.75 Å². The van der Waals surface area contributed by atoms with E-state index in [0.717, 1.165) is 14.5 Å². The molecular weight excluding hydrogens is 362 g/mol. The van der Waals surface area contributed by atoms with Gasteiger partial charge in [0.2, 0.25) is 5.91 Å². The molecule has 0 fully saturated rings. The molecule has 1 N–H and O–H groups in total. The number of halogens is 2. The lowest BCUT2D eigenvalue weighted by Gasteiger charge is -2.05. The zero-order valence-corrected chi connectivity index (χ0v) is 13.0. The highest BCUT2D eigenvalue weighted by Crippen LogP contribution is 2.23. The van der Waals surface area contributed by atoms with Crippen molar-refractivity contribution in [2.75, 3.05) is 13.7 Å². The largest absolute Gasteiger partial charge is 0.496 e. The molecule has 0 saturated heterocycles. The summed E-state index contributed by atoms with van der Waals surface area (Å²) in [5.74, 6) is 0.532. The summed E-state index contributed by atoms with van der Waals surface area (Å²) < 4.78 is 6.86. The molecule has 1 rings (SSSR count). The Bertz CT molecular complexity index is 484. The molecule has 0 aliphatic rings. The molecule has 0 unspecified atom stereocenters. The summed E-state index contributed by atoms with van der Waals surface area (Å²) in [7, 11) is 1.59. The van der Waals surface area contributed by atoms with E-state index in [-0.39, 0.29) is 5.91 Å². The van der Waals surface area contributed by atoms with Gasteiger partial charge in [0, 0.05) is 27.1 Å². The SMILES string of the molecule is C=C(Br)CNC(=O)/C=C/c1cc(Br)ccc1OC. The van der Waals surface area contributed by atoms with E-state index in [9.17, 15) is 4.79 Å². The van der Waals surface area contributed by atoms with Gasteiger partial charge >= 0.3 is 0 Å². The van der Waals surface area contributed by atoms with Crippen molar-refractivity contribution in [2.24, 2.45) is 0 Å². The predicted molar refractivity (Wildman–Crippen MR) is 80.8 cm³/mol. The van der Waals surface area contributed by atoms with Gasteiger partial charge in [0.05, 0.1) is 7.11 Å². The molecule has 18 heavy (non-hydrogen) atoms. The van der Waals surface area contributed by atoms with Crippen LogP contribution in [0.4, 0.5) is 0 Å². The van der Waals surface area contributed by atoms with Gasteiger partial charge < -0.3 is 10.1 Å². The minimum Gasteiger partial charge on any atom is -0.496 e. The van der Waals surface area contributed by atoms with Crippen molar-refractivity contribution < 1.29 is 9.53 Å². The van der Waals surface area contributed by atoms with Crippen LogP contribution >= 0.6 is 31.9 Å². The third-order valence-electron chi connectivity index (χ3n) is 2.06. The maximum absolute atomic E-state index is 11.5. The van der Waals surface area contributed by atoms with E-state index in [1.165, 1.54) is 6.08 Å². The van der Waals surface area contributed by atoms with Crippen LogP contribution in [-0.2, 0) is 4.79 Å². The molecule has 0 atom stereocenters. The number of hydrogen-bond donors (Lipinski definition) is 1. The van der Waals surface area contributed by atoms with Gasteiger partial charge in [0.1, 0.15) is 5.75 Å². The molecular formula is C13H13Br2NO2. The maximum Gasteiger partial charge on any atom is 0.244 e. The summed E-state index contributed by atoms with van der Waals surface area (Å²) in [5, 5.41) is 2.68. The quantitative estimate of drug-likeness (QED) is 0.801. The smallest absolute Gasteiger partial charge is 0.244 e. The van der Waals surface area contributed by atoms with E-state index in [4.69, 9.17) is 4.74 Å². The van der Waals surface area contributed by atoms with Crippen molar-refractivity contribution in [3.05, 3.63) is 45.4 Å². The molecule has 0 saturated carbocycles. The molecule has 0 aliphatic heterocycles. The maximum atomic E-state index is 11.5. The molecule has 3 nitrogen and oxygen atoms in total. The van der Waals surface area contributed by atoms with Gasteiger partial charge in [0.25, 0.3) is 0 Å². The first-order valence-electron chi connectivity index (χ1n) is 5.15. The van der Waals surface area contributed by atoms with Crippen LogP contribution in [0.15, 0.2) is 39.8 Å². The van der Waals surface area contributed by atoms with E-state index in [1.807, 2.05) is 18.2 Å². The fourth-order valence-electron chi connectivity index (χ4n) is 1.24. The summed E-state index contributed by atoms with van der Waals surface area (Å²) in [5.41, 5.74) is 0.833. The number of nitrogens with one attached hydrogen (secondary N) is 1. The van der Waals surface area contributed by atoms with Gasteiger partial charge in [0.15, 0.2) is 0 Å². The monoisotopic (exact) mass is 373 g/mol.